The van der Waals surface area contributed by atoms with Gasteiger partial charge in [-0.25, -0.2) is 16.8 Å². The monoisotopic (exact) mass is 1040 g/mol. The minimum atomic E-state index is -5.11. The van der Waals surface area contributed by atoms with Gasteiger partial charge in [0.25, 0.3) is 0 Å². The maximum absolute atomic E-state index is 13.4. The maximum atomic E-state index is 13.4. The largest absolute Gasteiger partial charge is 1.00 e. The van der Waals surface area contributed by atoms with Gasteiger partial charge in [0, 0.05) is 12.8 Å². The van der Waals surface area contributed by atoms with Crippen LogP contribution in [0.2, 0.25) is 0 Å². The first-order chi connectivity index (χ1) is 32.8. The van der Waals surface area contributed by atoms with Crippen LogP contribution in [0.1, 0.15) is 254 Å². The van der Waals surface area contributed by atoms with Crippen LogP contribution in [-0.4, -0.2) is 59.2 Å². The first kappa shape index (κ1) is 69.1. The molecule has 2 rings (SSSR count). The summed E-state index contributed by atoms with van der Waals surface area (Å²) in [5.74, 6) is 0.252. The van der Waals surface area contributed by atoms with E-state index in [-0.39, 0.29) is 81.7 Å². The fourth-order valence-electron chi connectivity index (χ4n) is 8.94. The van der Waals surface area contributed by atoms with Crippen molar-refractivity contribution < 1.29 is 109 Å². The third kappa shape index (κ3) is 32.4. The predicted octanol–water partition coefficient (Wildman–Crippen LogP) is 9.21. The van der Waals surface area contributed by atoms with E-state index in [0.717, 1.165) is 38.5 Å². The Morgan fingerprint density at radius 3 is 0.886 bits per heavy atom. The third-order valence-electron chi connectivity index (χ3n) is 13.2. The number of rotatable bonds is 46. The minimum absolute atomic E-state index is 0. The average molecular weight is 1040 g/mol. The molecule has 392 valence electrons. The molecule has 0 bridgehead atoms. The zero-order chi connectivity index (χ0) is 49.7. The number of Topliss-reactive ketones (excluding diaryl/α,β-unsaturated/α-hetero) is 1. The van der Waals surface area contributed by atoms with Crippen molar-refractivity contribution in [3.05, 3.63) is 47.5 Å². The number of hydrogen-bond donors (Lipinski definition) is 0. The normalized spacial score (nSPS) is 12.4. The molecule has 2 unspecified atom stereocenters. The van der Waals surface area contributed by atoms with E-state index in [9.17, 15) is 30.7 Å². The van der Waals surface area contributed by atoms with E-state index in [4.69, 9.17) is 18.9 Å². The maximum Gasteiger partial charge on any atom is 1.00 e. The Morgan fingerprint density at radius 2 is 0.657 bits per heavy atom. The first-order valence-electron chi connectivity index (χ1n) is 26.9. The summed E-state index contributed by atoms with van der Waals surface area (Å²) in [4.78, 5) is 13.4. The van der Waals surface area contributed by atoms with Gasteiger partial charge in [-0.3, -0.25) is 4.79 Å². The van der Waals surface area contributed by atoms with E-state index in [1.54, 1.807) is 0 Å². The van der Waals surface area contributed by atoms with Crippen LogP contribution >= 0.6 is 0 Å². The molecule has 0 amide bonds. The summed E-state index contributed by atoms with van der Waals surface area (Å²) in [6.07, 6.45) is 38.7. The van der Waals surface area contributed by atoms with Gasteiger partial charge in [0.05, 0.1) is 37.9 Å². The molecule has 2 atom stereocenters. The third-order valence-corrected chi connectivity index (χ3v) is 15.4. The Labute approximate surface area is 471 Å². The summed E-state index contributed by atoms with van der Waals surface area (Å²) in [5.41, 5.74) is -0.0111. The molecule has 0 aromatic heterocycles. The first-order valence-corrected chi connectivity index (χ1v) is 29.8. The molecular formula is C55H92Na2O11S2. The summed E-state index contributed by atoms with van der Waals surface area (Å²) in [6.45, 7) is 5.37. The Balaban J connectivity index is 0.0000238. The van der Waals surface area contributed by atoms with Crippen molar-refractivity contribution in [1.29, 1.82) is 0 Å². The molecule has 2 aromatic rings. The number of carbonyl (C=O) groups excluding carboxylic acids is 1. The van der Waals surface area contributed by atoms with Crippen LogP contribution in [0.5, 0.6) is 23.0 Å². The van der Waals surface area contributed by atoms with E-state index in [2.05, 4.69) is 13.8 Å². The van der Waals surface area contributed by atoms with E-state index in [1.165, 1.54) is 218 Å². The number of unbranched alkanes of at least 4 members (excludes halogenated alkanes) is 30. The Hall–Kier alpha value is -0.870. The van der Waals surface area contributed by atoms with Crippen molar-refractivity contribution in [3.63, 3.8) is 0 Å². The number of ether oxygens (including phenoxy) is 4. The van der Waals surface area contributed by atoms with E-state index in [0.29, 0.717) is 24.7 Å². The van der Waals surface area contributed by atoms with Gasteiger partial charge in [-0.2, -0.15) is 0 Å². The number of methoxy groups -OCH3 is 2. The summed E-state index contributed by atoms with van der Waals surface area (Å²) in [6, 6.07) is 8.49. The van der Waals surface area contributed by atoms with Crippen LogP contribution in [0.25, 0.3) is 0 Å². The van der Waals surface area contributed by atoms with E-state index >= 15 is 0 Å². The van der Waals surface area contributed by atoms with Crippen LogP contribution in [0.4, 0.5) is 0 Å². The smallest absolute Gasteiger partial charge is 0.747 e. The Morgan fingerprint density at radius 1 is 0.414 bits per heavy atom. The number of ketones is 1. The standard InChI is InChI=1S/C55H94O11S2.2Na/c1-5-7-9-11-13-15-17-19-21-23-25-27-29-31-33-35-41-65-50-39-37-47(43-52(50)63-3)54(67(57,58)59)45-49(56)46-55(68(60,61)62)48-38-40-51(53(44-48)64-4)66-42-36-34-32-30-28-26-24-22-20-18-16-14-12-10-8-6-2;;/h37-40,43-44,54-55H,5-36,41-42,45-46H2,1-4H3,(H,57,58,59)(H,60,61,62);;/q;2*+1/p-2. The number of hydrogen-bond acceptors (Lipinski definition) is 11. The average Bonchev–Trinajstić information content (AvgIpc) is 3.31. The van der Waals surface area contributed by atoms with Crippen molar-refractivity contribution in [2.75, 3.05) is 27.4 Å². The molecule has 0 heterocycles. The quantitative estimate of drug-likeness (QED) is 0.0352. The Bertz CT molecular complexity index is 1700. The molecule has 0 aliphatic carbocycles. The zero-order valence-electron chi connectivity index (χ0n) is 44.9. The van der Waals surface area contributed by atoms with Crippen LogP contribution in [0.3, 0.4) is 0 Å². The van der Waals surface area contributed by atoms with Gasteiger partial charge in [-0.15, -0.1) is 0 Å². The molecule has 15 heteroatoms. The fraction of sp³-hybridized carbons (Fsp3) is 0.764. The van der Waals surface area contributed by atoms with Gasteiger partial charge < -0.3 is 28.1 Å². The minimum Gasteiger partial charge on any atom is -0.747 e. The molecule has 0 saturated heterocycles. The molecule has 0 aliphatic rings. The van der Waals surface area contributed by atoms with Crippen molar-refractivity contribution in [1.82, 2.24) is 0 Å². The SMILES string of the molecule is CCCCCCCCCCCCCCCCCCOc1ccc(C(CC(=O)CC(c2ccc(OCCCCCCCCCCCCCCCCCC)c(OC)c2)S(=O)(=O)[O-])S(=O)(=O)[O-])cc1OC.[Na+].[Na+]. The van der Waals surface area contributed by atoms with Crippen LogP contribution < -0.4 is 78.1 Å². The molecule has 0 spiro atoms. The molecule has 0 fully saturated rings. The topological polar surface area (TPSA) is 168 Å². The van der Waals surface area contributed by atoms with Gasteiger partial charge in [0.1, 0.15) is 26.0 Å². The fourth-order valence-corrected chi connectivity index (χ4v) is 10.7. The van der Waals surface area contributed by atoms with Crippen LogP contribution in [0, 0.1) is 0 Å². The van der Waals surface area contributed by atoms with Gasteiger partial charge in [-0.05, 0) is 48.2 Å². The van der Waals surface area contributed by atoms with Crippen molar-refractivity contribution in [2.24, 2.45) is 0 Å². The van der Waals surface area contributed by atoms with Gasteiger partial charge >= 0.3 is 59.1 Å². The molecule has 70 heavy (non-hydrogen) atoms. The number of carbonyl (C=O) groups is 1. The molecule has 11 nitrogen and oxygen atoms in total. The van der Waals surface area contributed by atoms with Crippen molar-refractivity contribution in [3.8, 4) is 23.0 Å². The van der Waals surface area contributed by atoms with Crippen LogP contribution in [-0.2, 0) is 25.0 Å². The van der Waals surface area contributed by atoms with Crippen molar-refractivity contribution in [2.45, 2.75) is 243 Å². The predicted molar refractivity (Wildman–Crippen MR) is 275 cm³/mol. The molecule has 0 aliphatic heterocycles. The Kier molecular flexibility index (Phi) is 42.8. The van der Waals surface area contributed by atoms with Gasteiger partial charge in [0.15, 0.2) is 23.0 Å². The second-order valence-corrected chi connectivity index (χ2v) is 22.1. The molecule has 0 saturated carbocycles. The summed E-state index contributed by atoms with van der Waals surface area (Å²) in [7, 11) is -7.43. The van der Waals surface area contributed by atoms with E-state index < -0.39 is 49.4 Å². The second kappa shape index (κ2) is 43.4. The van der Waals surface area contributed by atoms with Crippen LogP contribution in [0.15, 0.2) is 36.4 Å². The van der Waals surface area contributed by atoms with Gasteiger partial charge in [0.2, 0.25) is 0 Å². The second-order valence-electron chi connectivity index (χ2n) is 19.0. The molecule has 0 radical (unpaired) electrons. The van der Waals surface area contributed by atoms with Crippen molar-refractivity contribution >= 4 is 26.0 Å². The zero-order valence-corrected chi connectivity index (χ0v) is 50.5. The summed E-state index contributed by atoms with van der Waals surface area (Å²) < 4.78 is 98.1. The van der Waals surface area contributed by atoms with Gasteiger partial charge in [-0.1, -0.05) is 219 Å². The molecular weight excluding hydrogens is 947 g/mol. The van der Waals surface area contributed by atoms with E-state index in [1.807, 2.05) is 0 Å². The summed E-state index contributed by atoms with van der Waals surface area (Å²) >= 11 is 0. The molecule has 0 N–H and O–H groups in total. The number of benzene rings is 2. The molecule has 2 aromatic carbocycles. The summed E-state index contributed by atoms with van der Waals surface area (Å²) in [5, 5.41) is -3.69.